The maximum atomic E-state index is 13.8. The molecule has 1 saturated heterocycles. The first kappa shape index (κ1) is 33.6. The van der Waals surface area contributed by atoms with Gasteiger partial charge in [0.15, 0.2) is 0 Å². The van der Waals surface area contributed by atoms with Gasteiger partial charge in [-0.15, -0.1) is 0 Å². The number of hydrogen-bond donors (Lipinski definition) is 3. The van der Waals surface area contributed by atoms with Gasteiger partial charge in [-0.3, -0.25) is 9.59 Å². The molecule has 1 fully saturated rings. The molecule has 0 bridgehead atoms. The summed E-state index contributed by atoms with van der Waals surface area (Å²) in [6, 6.07) is 10.2. The Labute approximate surface area is 259 Å². The first-order valence-electron chi connectivity index (χ1n) is 14.2. The molecular weight excluding hydrogens is 613 g/mol. The Morgan fingerprint density at radius 1 is 1.02 bits per heavy atom. The number of halogens is 3. The molecule has 2 heterocycles. The monoisotopic (exact) mass is 648 g/mol. The van der Waals surface area contributed by atoms with Crippen molar-refractivity contribution in [2.24, 2.45) is 0 Å². The number of nitrogens with zero attached hydrogens (tertiary/aromatic N) is 3. The van der Waals surface area contributed by atoms with E-state index in [9.17, 15) is 31.2 Å². The van der Waals surface area contributed by atoms with E-state index in [0.717, 1.165) is 24.6 Å². The Hall–Kier alpha value is -4.24. The van der Waals surface area contributed by atoms with Crippen LogP contribution in [0, 0.1) is 0 Å². The minimum absolute atomic E-state index is 0.00846. The first-order valence-corrected chi connectivity index (χ1v) is 15.7. The van der Waals surface area contributed by atoms with Gasteiger partial charge >= 0.3 is 12.1 Å². The third-order valence-corrected chi connectivity index (χ3v) is 8.24. The second-order valence-electron chi connectivity index (χ2n) is 11.4. The average Bonchev–Trinajstić information content (AvgIpc) is 2.98. The van der Waals surface area contributed by atoms with Gasteiger partial charge in [-0.25, -0.2) is 18.4 Å². The lowest BCUT2D eigenvalue weighted by atomic mass is 10.0. The lowest BCUT2D eigenvalue weighted by Crippen LogP contribution is -2.50. The van der Waals surface area contributed by atoms with Crippen LogP contribution in [0.5, 0.6) is 0 Å². The Morgan fingerprint density at radius 3 is 2.36 bits per heavy atom. The molecule has 242 valence electrons. The number of nitrogens with one attached hydrogen (secondary N) is 3. The largest absolute Gasteiger partial charge is 0.459 e. The summed E-state index contributed by atoms with van der Waals surface area (Å²) in [5, 5.41) is 5.66. The van der Waals surface area contributed by atoms with Crippen LogP contribution < -0.4 is 20.3 Å². The zero-order valence-electron chi connectivity index (χ0n) is 25.0. The number of esters is 1. The Kier molecular flexibility index (Phi) is 10.3. The maximum absolute atomic E-state index is 13.8. The summed E-state index contributed by atoms with van der Waals surface area (Å²) in [4.78, 5) is 36.5. The second-order valence-corrected chi connectivity index (χ2v) is 13.1. The van der Waals surface area contributed by atoms with Crippen molar-refractivity contribution in [3.8, 4) is 0 Å². The zero-order chi connectivity index (χ0) is 32.8. The molecule has 11 nitrogen and oxygen atoms in total. The first-order chi connectivity index (χ1) is 21.1. The van der Waals surface area contributed by atoms with Crippen molar-refractivity contribution in [1.82, 2.24) is 20.0 Å². The molecule has 15 heteroatoms. The van der Waals surface area contributed by atoms with Gasteiger partial charge in [0.1, 0.15) is 17.8 Å². The van der Waals surface area contributed by atoms with Crippen LogP contribution in [0.1, 0.15) is 56.0 Å². The van der Waals surface area contributed by atoms with Crippen molar-refractivity contribution in [1.29, 1.82) is 0 Å². The second kappa shape index (κ2) is 13.8. The normalized spacial score (nSPS) is 16.5. The molecular formula is C30H35F3N6O5S. The molecule has 2 aromatic carbocycles. The van der Waals surface area contributed by atoms with Gasteiger partial charge in [0.25, 0.3) is 5.91 Å². The van der Waals surface area contributed by atoms with Crippen LogP contribution in [-0.2, 0) is 25.7 Å². The van der Waals surface area contributed by atoms with Crippen LogP contribution in [0.3, 0.4) is 0 Å². The fourth-order valence-electron chi connectivity index (χ4n) is 4.72. The third-order valence-electron chi connectivity index (χ3n) is 6.75. The topological polar surface area (TPSA) is 143 Å². The number of anilines is 2. The molecule has 0 radical (unpaired) electrons. The van der Waals surface area contributed by atoms with E-state index >= 15 is 0 Å². The average molecular weight is 649 g/mol. The number of ether oxygens (including phenoxy) is 1. The van der Waals surface area contributed by atoms with Crippen molar-refractivity contribution < 1.29 is 35.9 Å². The van der Waals surface area contributed by atoms with Gasteiger partial charge in [-0.1, -0.05) is 18.2 Å². The number of carbonyl (C=O) groups is 2. The third kappa shape index (κ3) is 9.14. The number of hydrogen-bond acceptors (Lipinski definition) is 9. The lowest BCUT2D eigenvalue weighted by molar-refractivity contribution is -0.156. The predicted octanol–water partition coefficient (Wildman–Crippen LogP) is 4.34. The van der Waals surface area contributed by atoms with Gasteiger partial charge in [0, 0.05) is 25.5 Å². The molecule has 0 unspecified atom stereocenters. The SMILES string of the molecule is CC(C)(C)OC(=O)[C@H](CNC(=O)c1ccc(C(F)(F)F)cc1N1CCCC[C@H]1Nc1ncccn1)NS(=O)(=O)c1ccccc1. The van der Waals surface area contributed by atoms with E-state index in [-0.39, 0.29) is 22.1 Å². The number of sulfonamides is 1. The zero-order valence-corrected chi connectivity index (χ0v) is 25.8. The molecule has 1 amide bonds. The maximum Gasteiger partial charge on any atom is 0.416 e. The van der Waals surface area contributed by atoms with Gasteiger partial charge in [0.05, 0.1) is 21.7 Å². The van der Waals surface area contributed by atoms with E-state index in [1.54, 1.807) is 37.8 Å². The lowest BCUT2D eigenvalue weighted by Gasteiger charge is -2.39. The quantitative estimate of drug-likeness (QED) is 0.274. The number of carbonyl (C=O) groups excluding carboxylic acids is 2. The van der Waals surface area contributed by atoms with E-state index < -0.39 is 58.0 Å². The molecule has 3 N–H and O–H groups in total. The summed E-state index contributed by atoms with van der Waals surface area (Å²) in [5.41, 5.74) is -2.01. The smallest absolute Gasteiger partial charge is 0.416 e. The number of aromatic nitrogens is 2. The molecule has 1 aliphatic heterocycles. The predicted molar refractivity (Wildman–Crippen MR) is 161 cm³/mol. The molecule has 0 aliphatic carbocycles. The fourth-order valence-corrected chi connectivity index (χ4v) is 5.93. The van der Waals surface area contributed by atoms with Gasteiger partial charge in [0.2, 0.25) is 16.0 Å². The fraction of sp³-hybridized carbons (Fsp3) is 0.400. The van der Waals surface area contributed by atoms with Crippen molar-refractivity contribution in [3.05, 3.63) is 78.1 Å². The molecule has 4 rings (SSSR count). The van der Waals surface area contributed by atoms with E-state index in [1.165, 1.54) is 36.7 Å². The van der Waals surface area contributed by atoms with E-state index in [4.69, 9.17) is 4.74 Å². The molecule has 2 atom stereocenters. The highest BCUT2D eigenvalue weighted by molar-refractivity contribution is 7.89. The molecule has 1 aliphatic rings. The highest BCUT2D eigenvalue weighted by atomic mass is 32.2. The van der Waals surface area contributed by atoms with Crippen LogP contribution in [-0.4, -0.2) is 61.2 Å². The Bertz CT molecular complexity index is 1590. The summed E-state index contributed by atoms with van der Waals surface area (Å²) >= 11 is 0. The van der Waals surface area contributed by atoms with Crippen molar-refractivity contribution >= 4 is 33.5 Å². The summed E-state index contributed by atoms with van der Waals surface area (Å²) < 4.78 is 75.2. The standard InChI is InChI=1S/C30H35F3N6O5S/c1-29(2,3)44-27(41)23(38-45(42,43)21-10-5-4-6-11-21)19-36-26(40)22-14-13-20(30(31,32)33)18-24(22)39-17-8-7-12-25(39)37-28-34-15-9-16-35-28/h4-6,9-11,13-16,18,23,25,38H,7-8,12,17,19H2,1-3H3,(H,36,40)(H,34,35,37)/t23-,25-/m0/s1. The highest BCUT2D eigenvalue weighted by Gasteiger charge is 2.35. The summed E-state index contributed by atoms with van der Waals surface area (Å²) in [7, 11) is -4.21. The summed E-state index contributed by atoms with van der Waals surface area (Å²) in [6.07, 6.45) is -0.172. The number of benzene rings is 2. The number of alkyl halides is 3. The number of piperidine rings is 1. The summed E-state index contributed by atoms with van der Waals surface area (Å²) in [6.45, 7) is 4.60. The van der Waals surface area contributed by atoms with E-state index in [2.05, 4.69) is 25.3 Å². The minimum atomic E-state index is -4.68. The molecule has 0 saturated carbocycles. The van der Waals surface area contributed by atoms with Crippen molar-refractivity contribution in [3.63, 3.8) is 0 Å². The Balaban J connectivity index is 1.63. The van der Waals surface area contributed by atoms with Gasteiger partial charge < -0.3 is 20.3 Å². The van der Waals surface area contributed by atoms with Crippen LogP contribution in [0.25, 0.3) is 0 Å². The molecule has 3 aromatic rings. The molecule has 1 aromatic heterocycles. The number of rotatable bonds is 10. The van der Waals surface area contributed by atoms with Crippen molar-refractivity contribution in [2.45, 2.75) is 68.9 Å². The summed E-state index contributed by atoms with van der Waals surface area (Å²) in [5.74, 6) is -1.48. The van der Waals surface area contributed by atoms with Crippen LogP contribution in [0.4, 0.5) is 24.8 Å². The Morgan fingerprint density at radius 2 is 1.71 bits per heavy atom. The van der Waals surface area contributed by atoms with E-state index in [1.807, 2.05) is 0 Å². The molecule has 45 heavy (non-hydrogen) atoms. The van der Waals surface area contributed by atoms with Crippen molar-refractivity contribution in [2.75, 3.05) is 23.3 Å². The van der Waals surface area contributed by atoms with Gasteiger partial charge in [-0.2, -0.15) is 17.9 Å². The van der Waals surface area contributed by atoms with Crippen LogP contribution in [0.15, 0.2) is 71.9 Å². The minimum Gasteiger partial charge on any atom is -0.459 e. The molecule has 0 spiro atoms. The van der Waals surface area contributed by atoms with Crippen LogP contribution in [0.2, 0.25) is 0 Å². The van der Waals surface area contributed by atoms with Crippen LogP contribution >= 0.6 is 0 Å². The number of amides is 1. The van der Waals surface area contributed by atoms with Gasteiger partial charge in [-0.05, 0) is 76.4 Å². The highest BCUT2D eigenvalue weighted by Crippen LogP contribution is 2.36. The van der Waals surface area contributed by atoms with E-state index in [0.29, 0.717) is 19.4 Å².